The van der Waals surface area contributed by atoms with Crippen molar-refractivity contribution in [2.75, 3.05) is 33.9 Å². The molecule has 2 heterocycles. The van der Waals surface area contributed by atoms with Crippen LogP contribution in [0.1, 0.15) is 23.7 Å². The summed E-state index contributed by atoms with van der Waals surface area (Å²) in [5.41, 5.74) is 2.87. The molecule has 0 aliphatic rings. The zero-order valence-electron chi connectivity index (χ0n) is 13.1. The molecule has 5 nitrogen and oxygen atoms in total. The van der Waals surface area contributed by atoms with E-state index < -0.39 is 0 Å². The van der Waals surface area contributed by atoms with Crippen LogP contribution >= 0.6 is 11.6 Å². The standard InChI is InChI=1S/C15H23ClN4O/c1-11-9-13-15(17-10-11)20(14(18-13)12(2)16)6-8-21-7-5-19(3)4/h9-10,12H,5-8H2,1-4H3. The second-order valence-corrected chi connectivity index (χ2v) is 6.16. The number of likely N-dealkylation sites (N-methyl/N-ethyl adjacent to an activating group) is 1. The normalized spacial score (nSPS) is 13.2. The van der Waals surface area contributed by atoms with E-state index in [1.807, 2.05) is 40.2 Å². The second kappa shape index (κ2) is 7.20. The molecule has 0 saturated carbocycles. The van der Waals surface area contributed by atoms with Crippen LogP contribution in [0.5, 0.6) is 0 Å². The molecule has 1 atom stereocenters. The molecule has 2 aromatic heterocycles. The van der Waals surface area contributed by atoms with Gasteiger partial charge in [0.1, 0.15) is 11.3 Å². The molecule has 0 spiro atoms. The smallest absolute Gasteiger partial charge is 0.160 e. The summed E-state index contributed by atoms with van der Waals surface area (Å²) in [5.74, 6) is 0.848. The fraction of sp³-hybridized carbons (Fsp3) is 0.600. The number of nitrogens with zero attached hydrogens (tertiary/aromatic N) is 4. The number of hydrogen-bond acceptors (Lipinski definition) is 4. The highest BCUT2D eigenvalue weighted by molar-refractivity contribution is 6.20. The molecule has 0 fully saturated rings. The van der Waals surface area contributed by atoms with Gasteiger partial charge in [-0.15, -0.1) is 11.6 Å². The van der Waals surface area contributed by atoms with Crippen molar-refractivity contribution in [2.24, 2.45) is 0 Å². The number of hydrogen-bond donors (Lipinski definition) is 0. The maximum Gasteiger partial charge on any atom is 0.160 e. The van der Waals surface area contributed by atoms with Gasteiger partial charge >= 0.3 is 0 Å². The number of fused-ring (bicyclic) bond motifs is 1. The summed E-state index contributed by atoms with van der Waals surface area (Å²) in [6.45, 7) is 6.93. The molecule has 0 aromatic carbocycles. The Kier molecular flexibility index (Phi) is 5.56. The lowest BCUT2D eigenvalue weighted by Gasteiger charge is -2.12. The molecule has 0 amide bonds. The molecule has 0 aliphatic heterocycles. The predicted octanol–water partition coefficient (Wildman–Crippen LogP) is 2.62. The lowest BCUT2D eigenvalue weighted by atomic mass is 10.3. The minimum Gasteiger partial charge on any atom is -0.378 e. The summed E-state index contributed by atoms with van der Waals surface area (Å²) in [7, 11) is 4.07. The highest BCUT2D eigenvalue weighted by Gasteiger charge is 2.15. The SMILES string of the molecule is Cc1cnc2c(c1)nc(C(C)Cl)n2CCOCCN(C)C. The Labute approximate surface area is 130 Å². The fourth-order valence-electron chi connectivity index (χ4n) is 2.16. The van der Waals surface area contributed by atoms with Gasteiger partial charge < -0.3 is 14.2 Å². The van der Waals surface area contributed by atoms with Gasteiger partial charge in [0.25, 0.3) is 0 Å². The number of ether oxygens (including phenoxy) is 1. The zero-order chi connectivity index (χ0) is 15.4. The van der Waals surface area contributed by atoms with Gasteiger partial charge in [-0.05, 0) is 39.6 Å². The Morgan fingerprint density at radius 3 is 2.81 bits per heavy atom. The van der Waals surface area contributed by atoms with Crippen molar-refractivity contribution in [3.05, 3.63) is 23.7 Å². The quantitative estimate of drug-likeness (QED) is 0.582. The van der Waals surface area contributed by atoms with Gasteiger partial charge in [0.2, 0.25) is 0 Å². The van der Waals surface area contributed by atoms with Crippen LogP contribution in [0.3, 0.4) is 0 Å². The predicted molar refractivity (Wildman–Crippen MR) is 85.9 cm³/mol. The Balaban J connectivity index is 2.11. The highest BCUT2D eigenvalue weighted by Crippen LogP contribution is 2.23. The first-order chi connectivity index (χ1) is 9.99. The number of rotatable bonds is 7. The first-order valence-corrected chi connectivity index (χ1v) is 7.62. The summed E-state index contributed by atoms with van der Waals surface area (Å²) in [5, 5.41) is -0.152. The Hall–Kier alpha value is -1.17. The van der Waals surface area contributed by atoms with Crippen LogP contribution in [-0.2, 0) is 11.3 Å². The average Bonchev–Trinajstić information content (AvgIpc) is 2.76. The van der Waals surface area contributed by atoms with Gasteiger partial charge in [0.05, 0.1) is 18.6 Å². The molecule has 0 bridgehead atoms. The largest absolute Gasteiger partial charge is 0.378 e. The van der Waals surface area contributed by atoms with Crippen molar-refractivity contribution in [3.8, 4) is 0 Å². The second-order valence-electron chi connectivity index (χ2n) is 5.51. The lowest BCUT2D eigenvalue weighted by molar-refractivity contribution is 0.111. The van der Waals surface area contributed by atoms with E-state index in [0.717, 1.165) is 35.7 Å². The van der Waals surface area contributed by atoms with Crippen molar-refractivity contribution in [1.29, 1.82) is 0 Å². The summed E-state index contributed by atoms with van der Waals surface area (Å²) in [4.78, 5) is 11.2. The zero-order valence-corrected chi connectivity index (χ0v) is 13.9. The third-order valence-corrected chi connectivity index (χ3v) is 3.44. The van der Waals surface area contributed by atoms with E-state index in [0.29, 0.717) is 13.2 Å². The fourth-order valence-corrected chi connectivity index (χ4v) is 2.32. The van der Waals surface area contributed by atoms with Gasteiger partial charge in [-0.2, -0.15) is 0 Å². The van der Waals surface area contributed by atoms with Crippen LogP contribution in [0.2, 0.25) is 0 Å². The highest BCUT2D eigenvalue weighted by atomic mass is 35.5. The third kappa shape index (κ3) is 4.15. The van der Waals surface area contributed by atoms with Crippen LogP contribution in [0.25, 0.3) is 11.2 Å². The first-order valence-electron chi connectivity index (χ1n) is 7.18. The number of alkyl halides is 1. The Morgan fingerprint density at radius 2 is 2.14 bits per heavy atom. The van der Waals surface area contributed by atoms with Crippen molar-refractivity contribution >= 4 is 22.8 Å². The Morgan fingerprint density at radius 1 is 1.38 bits per heavy atom. The van der Waals surface area contributed by atoms with Crippen molar-refractivity contribution in [2.45, 2.75) is 25.8 Å². The van der Waals surface area contributed by atoms with E-state index in [1.165, 1.54) is 0 Å². The molecule has 116 valence electrons. The average molecular weight is 311 g/mol. The van der Waals surface area contributed by atoms with E-state index in [4.69, 9.17) is 16.3 Å². The molecule has 6 heteroatoms. The number of imidazole rings is 1. The van der Waals surface area contributed by atoms with Crippen LogP contribution in [0.4, 0.5) is 0 Å². The number of aromatic nitrogens is 3. The molecule has 21 heavy (non-hydrogen) atoms. The van der Waals surface area contributed by atoms with Crippen LogP contribution < -0.4 is 0 Å². The van der Waals surface area contributed by atoms with Gasteiger partial charge in [0, 0.05) is 19.3 Å². The maximum absolute atomic E-state index is 6.24. The first kappa shape index (κ1) is 16.2. The van der Waals surface area contributed by atoms with Crippen molar-refractivity contribution in [1.82, 2.24) is 19.4 Å². The molecule has 1 unspecified atom stereocenters. The molecule has 0 radical (unpaired) electrons. The molecule has 0 saturated heterocycles. The van der Waals surface area contributed by atoms with E-state index in [2.05, 4.69) is 19.4 Å². The monoisotopic (exact) mass is 310 g/mol. The van der Waals surface area contributed by atoms with Gasteiger partial charge in [-0.3, -0.25) is 0 Å². The van der Waals surface area contributed by atoms with E-state index in [9.17, 15) is 0 Å². The van der Waals surface area contributed by atoms with Gasteiger partial charge in [-0.25, -0.2) is 9.97 Å². The topological polar surface area (TPSA) is 43.2 Å². The number of halogens is 1. The van der Waals surface area contributed by atoms with Crippen LogP contribution in [0, 0.1) is 6.92 Å². The number of pyridine rings is 1. The molecular weight excluding hydrogens is 288 g/mol. The molecule has 2 aromatic rings. The lowest BCUT2D eigenvalue weighted by Crippen LogP contribution is -2.19. The molecule has 2 rings (SSSR count). The molecular formula is C15H23ClN4O. The van der Waals surface area contributed by atoms with Crippen molar-refractivity contribution < 1.29 is 4.74 Å². The minimum atomic E-state index is -0.152. The molecule has 0 aliphatic carbocycles. The minimum absolute atomic E-state index is 0.152. The summed E-state index contributed by atoms with van der Waals surface area (Å²) < 4.78 is 7.72. The Bertz CT molecular complexity index is 595. The van der Waals surface area contributed by atoms with Crippen LogP contribution in [0.15, 0.2) is 12.3 Å². The van der Waals surface area contributed by atoms with Gasteiger partial charge in [0.15, 0.2) is 5.65 Å². The van der Waals surface area contributed by atoms with E-state index in [-0.39, 0.29) is 5.38 Å². The summed E-state index contributed by atoms with van der Waals surface area (Å²) in [6, 6.07) is 2.04. The number of aryl methyl sites for hydroxylation is 1. The summed E-state index contributed by atoms with van der Waals surface area (Å²) >= 11 is 6.24. The third-order valence-electron chi connectivity index (χ3n) is 3.25. The molecule has 0 N–H and O–H groups in total. The van der Waals surface area contributed by atoms with Gasteiger partial charge in [-0.1, -0.05) is 0 Å². The van der Waals surface area contributed by atoms with Crippen LogP contribution in [-0.4, -0.2) is 53.3 Å². The van der Waals surface area contributed by atoms with E-state index in [1.54, 1.807) is 0 Å². The maximum atomic E-state index is 6.24. The summed E-state index contributed by atoms with van der Waals surface area (Å²) in [6.07, 6.45) is 1.86. The van der Waals surface area contributed by atoms with Crippen molar-refractivity contribution in [3.63, 3.8) is 0 Å². The van der Waals surface area contributed by atoms with E-state index >= 15 is 0 Å².